The minimum Gasteiger partial charge on any atom is -0.459 e. The smallest absolute Gasteiger partial charge is 0.407 e. The fourth-order valence-corrected chi connectivity index (χ4v) is 7.60. The molecule has 4 N–H and O–H groups in total. The van der Waals surface area contributed by atoms with E-state index in [2.05, 4.69) is 20.7 Å². The van der Waals surface area contributed by atoms with Crippen molar-refractivity contribution in [3.8, 4) is 0 Å². The number of carbonyl (C=O) groups excluding carboxylic acids is 5. The van der Waals surface area contributed by atoms with Crippen LogP contribution in [0.2, 0.25) is 8.67 Å². The molecule has 0 aliphatic carbocycles. The Morgan fingerprint density at radius 3 is 2.07 bits per heavy atom. The third kappa shape index (κ3) is 12.2. The standard InChI is InChI=1S/C27H41Cl2N5O9S2/c1-26(2,3)42-24(38)17(33-45(40,41)18-11-19(28)44-21(18)29)12-32-23(37)16-14-34(13-15(16)22(36)30-7)20(35)9-8-10-31-25(39)43-27(4,5)6/h11,15-17,33H,8-10,12-14H2,1-7H3,(H,30,36)(H,31,39)(H,32,37)/t15-,16-,17+/m1/s1. The van der Waals surface area contributed by atoms with Crippen LogP contribution >= 0.6 is 34.5 Å². The summed E-state index contributed by atoms with van der Waals surface area (Å²) >= 11 is 12.7. The molecule has 18 heteroatoms. The van der Waals surface area contributed by atoms with Crippen LogP contribution in [0.15, 0.2) is 11.0 Å². The van der Waals surface area contributed by atoms with Crippen molar-refractivity contribution in [2.45, 2.75) is 76.5 Å². The molecule has 0 aromatic carbocycles. The Bertz CT molecular complexity index is 1370. The van der Waals surface area contributed by atoms with Crippen LogP contribution in [0.5, 0.6) is 0 Å². The Kier molecular flexibility index (Phi) is 13.5. The highest BCUT2D eigenvalue weighted by molar-refractivity contribution is 7.89. The molecule has 1 saturated heterocycles. The molecule has 1 aromatic heterocycles. The Morgan fingerprint density at radius 1 is 0.978 bits per heavy atom. The lowest BCUT2D eigenvalue weighted by Gasteiger charge is -2.25. The normalized spacial score (nSPS) is 17.8. The number of alkyl carbamates (subject to hydrolysis) is 1. The summed E-state index contributed by atoms with van der Waals surface area (Å²) in [6.07, 6.45) is -0.267. The minimum atomic E-state index is -4.37. The van der Waals surface area contributed by atoms with Crippen molar-refractivity contribution in [1.82, 2.24) is 25.6 Å². The zero-order valence-electron chi connectivity index (χ0n) is 26.2. The summed E-state index contributed by atoms with van der Waals surface area (Å²) < 4.78 is 38.8. The average molecular weight is 715 g/mol. The molecular formula is C27H41Cl2N5O9S2. The minimum absolute atomic E-state index is 0.0321. The Balaban J connectivity index is 2.11. The summed E-state index contributed by atoms with van der Waals surface area (Å²) in [7, 11) is -2.97. The number of esters is 1. The number of thiophene rings is 1. The summed E-state index contributed by atoms with van der Waals surface area (Å²) in [6, 6.07) is -0.434. The van der Waals surface area contributed by atoms with Gasteiger partial charge in [0, 0.05) is 39.6 Å². The van der Waals surface area contributed by atoms with E-state index in [4.69, 9.17) is 32.7 Å². The van der Waals surface area contributed by atoms with Crippen LogP contribution in [0.4, 0.5) is 4.79 Å². The first kappa shape index (κ1) is 38.5. The molecule has 45 heavy (non-hydrogen) atoms. The van der Waals surface area contributed by atoms with Gasteiger partial charge in [-0.25, -0.2) is 13.2 Å². The summed E-state index contributed by atoms with van der Waals surface area (Å²) in [5, 5.41) is 7.60. The zero-order chi connectivity index (χ0) is 34.3. The van der Waals surface area contributed by atoms with Gasteiger partial charge in [0.25, 0.3) is 0 Å². The summed E-state index contributed by atoms with van der Waals surface area (Å²) in [4.78, 5) is 64.7. The first-order valence-corrected chi connectivity index (χ1v) is 17.1. The van der Waals surface area contributed by atoms with Gasteiger partial charge in [-0.2, -0.15) is 4.72 Å². The fraction of sp³-hybridized carbons (Fsp3) is 0.667. The van der Waals surface area contributed by atoms with Gasteiger partial charge < -0.3 is 30.3 Å². The van der Waals surface area contributed by atoms with Crippen molar-refractivity contribution in [2.24, 2.45) is 11.8 Å². The summed E-state index contributed by atoms with van der Waals surface area (Å²) in [5.41, 5.74) is -1.64. The van der Waals surface area contributed by atoms with Gasteiger partial charge in [0.1, 0.15) is 26.5 Å². The largest absolute Gasteiger partial charge is 0.459 e. The van der Waals surface area contributed by atoms with Gasteiger partial charge in [0.15, 0.2) is 0 Å². The van der Waals surface area contributed by atoms with Crippen LogP contribution in [0, 0.1) is 11.8 Å². The van der Waals surface area contributed by atoms with Crippen molar-refractivity contribution >= 4 is 74.3 Å². The quantitative estimate of drug-likeness (QED) is 0.186. The SMILES string of the molecule is CNC(=O)[C@@H]1CN(C(=O)CCCNC(=O)OC(C)(C)C)C[C@H]1C(=O)NC[C@H](NS(=O)(=O)c1cc(Cl)sc1Cl)C(=O)OC(C)(C)C. The molecular weight excluding hydrogens is 673 g/mol. The van der Waals surface area contributed by atoms with E-state index >= 15 is 0 Å². The average Bonchev–Trinajstić information content (AvgIpc) is 3.49. The van der Waals surface area contributed by atoms with Gasteiger partial charge in [-0.1, -0.05) is 23.2 Å². The monoisotopic (exact) mass is 713 g/mol. The number of hydrogen-bond donors (Lipinski definition) is 4. The number of nitrogens with one attached hydrogen (secondary N) is 4. The van der Waals surface area contributed by atoms with E-state index in [1.54, 1.807) is 41.5 Å². The van der Waals surface area contributed by atoms with Gasteiger partial charge in [0.2, 0.25) is 27.7 Å². The third-order valence-corrected chi connectivity index (χ3v) is 9.44. The van der Waals surface area contributed by atoms with Gasteiger partial charge in [-0.15, -0.1) is 11.3 Å². The number of rotatable bonds is 12. The Hall–Kier alpha value is -2.66. The van der Waals surface area contributed by atoms with Gasteiger partial charge in [0.05, 0.1) is 16.2 Å². The topological polar surface area (TPSA) is 189 Å². The van der Waals surface area contributed by atoms with Crippen molar-refractivity contribution in [3.05, 3.63) is 14.7 Å². The number of sulfonamides is 1. The molecule has 14 nitrogen and oxygen atoms in total. The highest BCUT2D eigenvalue weighted by Gasteiger charge is 2.43. The molecule has 0 bridgehead atoms. The molecule has 254 valence electrons. The van der Waals surface area contributed by atoms with Crippen LogP contribution in [0.3, 0.4) is 0 Å². The third-order valence-electron chi connectivity index (χ3n) is 6.21. The molecule has 2 rings (SSSR count). The molecule has 0 radical (unpaired) electrons. The molecule has 1 aliphatic rings. The number of likely N-dealkylation sites (tertiary alicyclic amines) is 1. The second-order valence-electron chi connectivity index (χ2n) is 12.3. The number of ether oxygens (including phenoxy) is 2. The van der Waals surface area contributed by atoms with E-state index in [1.165, 1.54) is 11.9 Å². The molecule has 1 aliphatic heterocycles. The Labute approximate surface area is 277 Å². The van der Waals surface area contributed by atoms with E-state index in [0.29, 0.717) is 6.42 Å². The first-order valence-electron chi connectivity index (χ1n) is 14.1. The molecule has 1 fully saturated rings. The highest BCUT2D eigenvalue weighted by atomic mass is 35.5. The van der Waals surface area contributed by atoms with Gasteiger partial charge in [-0.05, 0) is 54.0 Å². The van der Waals surface area contributed by atoms with E-state index in [1.807, 2.05) is 0 Å². The van der Waals surface area contributed by atoms with Crippen LogP contribution < -0.4 is 20.7 Å². The van der Waals surface area contributed by atoms with Gasteiger partial charge >= 0.3 is 12.1 Å². The van der Waals surface area contributed by atoms with Crippen LogP contribution in [-0.2, 0) is 38.7 Å². The number of halogens is 2. The fourth-order valence-electron chi connectivity index (χ4n) is 4.27. The molecule has 2 heterocycles. The van der Waals surface area contributed by atoms with E-state index in [9.17, 15) is 32.4 Å². The van der Waals surface area contributed by atoms with E-state index in [0.717, 1.165) is 17.4 Å². The van der Waals surface area contributed by atoms with Crippen LogP contribution in [-0.4, -0.2) is 93.6 Å². The maximum absolute atomic E-state index is 13.3. The first-order chi connectivity index (χ1) is 20.6. The lowest BCUT2D eigenvalue weighted by Crippen LogP contribution is -2.52. The number of nitrogens with zero attached hydrogens (tertiary/aromatic N) is 1. The predicted octanol–water partition coefficient (Wildman–Crippen LogP) is 2.29. The lowest BCUT2D eigenvalue weighted by atomic mass is 9.94. The highest BCUT2D eigenvalue weighted by Crippen LogP contribution is 2.34. The second kappa shape index (κ2) is 15.8. The molecule has 0 saturated carbocycles. The van der Waals surface area contributed by atoms with Crippen LogP contribution in [0.1, 0.15) is 54.4 Å². The van der Waals surface area contributed by atoms with Crippen molar-refractivity contribution < 1.29 is 41.9 Å². The van der Waals surface area contributed by atoms with E-state index < -0.39 is 69.5 Å². The maximum atomic E-state index is 13.3. The Morgan fingerprint density at radius 2 is 1.56 bits per heavy atom. The molecule has 0 spiro atoms. The van der Waals surface area contributed by atoms with Gasteiger partial charge in [-0.3, -0.25) is 19.2 Å². The summed E-state index contributed by atoms with van der Waals surface area (Å²) in [6.45, 7) is 9.50. The molecule has 1 aromatic rings. The maximum Gasteiger partial charge on any atom is 0.407 e. The predicted molar refractivity (Wildman–Crippen MR) is 168 cm³/mol. The number of hydrogen-bond acceptors (Lipinski definition) is 10. The molecule has 0 unspecified atom stereocenters. The molecule has 3 atom stereocenters. The number of carbonyl (C=O) groups is 5. The summed E-state index contributed by atoms with van der Waals surface area (Å²) in [5.74, 6) is -4.32. The van der Waals surface area contributed by atoms with Crippen molar-refractivity contribution in [1.29, 1.82) is 0 Å². The zero-order valence-corrected chi connectivity index (χ0v) is 29.4. The lowest BCUT2D eigenvalue weighted by molar-refractivity contribution is -0.156. The van der Waals surface area contributed by atoms with Crippen molar-refractivity contribution in [3.63, 3.8) is 0 Å². The second-order valence-corrected chi connectivity index (χ2v) is 16.3. The van der Waals surface area contributed by atoms with Crippen LogP contribution in [0.25, 0.3) is 0 Å². The van der Waals surface area contributed by atoms with E-state index in [-0.39, 0.29) is 45.5 Å². The molecule has 4 amide bonds. The van der Waals surface area contributed by atoms with Crippen molar-refractivity contribution in [2.75, 3.05) is 33.2 Å². The number of amides is 4.